The van der Waals surface area contributed by atoms with E-state index in [0.29, 0.717) is 6.54 Å². The summed E-state index contributed by atoms with van der Waals surface area (Å²) in [7, 11) is 0. The third-order valence-corrected chi connectivity index (χ3v) is 3.85. The standard InChI is InChI=1S/C11H9BrN4S/c1-17-11-8-4-7(12)2-3-9(8)16-6-14-15-10(16)5-13-11/h2-4,6H,5H2,1H3. The highest BCUT2D eigenvalue weighted by atomic mass is 79.9. The molecule has 0 saturated heterocycles. The first-order valence-electron chi connectivity index (χ1n) is 5.07. The number of hydrogen-bond acceptors (Lipinski definition) is 4. The average molecular weight is 309 g/mol. The first-order valence-corrected chi connectivity index (χ1v) is 7.09. The largest absolute Gasteiger partial charge is 0.283 e. The molecular weight excluding hydrogens is 300 g/mol. The van der Waals surface area contributed by atoms with E-state index >= 15 is 0 Å². The predicted octanol–water partition coefficient (Wildman–Crippen LogP) is 2.65. The van der Waals surface area contributed by atoms with Crippen molar-refractivity contribution in [3.63, 3.8) is 0 Å². The molecule has 86 valence electrons. The van der Waals surface area contributed by atoms with Gasteiger partial charge in [0.2, 0.25) is 0 Å². The second-order valence-electron chi connectivity index (χ2n) is 3.60. The van der Waals surface area contributed by atoms with Crippen molar-refractivity contribution in [1.82, 2.24) is 14.8 Å². The van der Waals surface area contributed by atoms with Crippen molar-refractivity contribution in [2.45, 2.75) is 6.54 Å². The van der Waals surface area contributed by atoms with Gasteiger partial charge in [-0.3, -0.25) is 9.56 Å². The maximum Gasteiger partial charge on any atom is 0.159 e. The molecule has 0 spiro atoms. The van der Waals surface area contributed by atoms with Gasteiger partial charge in [-0.25, -0.2) is 0 Å². The molecule has 0 N–H and O–H groups in total. The van der Waals surface area contributed by atoms with Crippen molar-refractivity contribution < 1.29 is 0 Å². The van der Waals surface area contributed by atoms with Crippen molar-refractivity contribution >= 4 is 32.7 Å². The Morgan fingerprint density at radius 2 is 2.29 bits per heavy atom. The van der Waals surface area contributed by atoms with Crippen LogP contribution in [0.3, 0.4) is 0 Å². The van der Waals surface area contributed by atoms with Gasteiger partial charge in [-0.2, -0.15) is 0 Å². The minimum absolute atomic E-state index is 0.572. The average Bonchev–Trinajstić information content (AvgIpc) is 2.73. The van der Waals surface area contributed by atoms with E-state index in [4.69, 9.17) is 0 Å². The Morgan fingerprint density at radius 3 is 3.12 bits per heavy atom. The van der Waals surface area contributed by atoms with Crippen molar-refractivity contribution in [3.8, 4) is 5.69 Å². The second kappa shape index (κ2) is 4.27. The van der Waals surface area contributed by atoms with Gasteiger partial charge >= 0.3 is 0 Å². The van der Waals surface area contributed by atoms with Crippen molar-refractivity contribution in [2.75, 3.05) is 6.26 Å². The number of fused-ring (bicyclic) bond motifs is 3. The van der Waals surface area contributed by atoms with E-state index in [1.54, 1.807) is 18.1 Å². The fraction of sp³-hybridized carbons (Fsp3) is 0.182. The Kier molecular flexibility index (Phi) is 2.76. The topological polar surface area (TPSA) is 43.1 Å². The molecule has 1 aromatic heterocycles. The quantitative estimate of drug-likeness (QED) is 0.751. The lowest BCUT2D eigenvalue weighted by atomic mass is 10.2. The summed E-state index contributed by atoms with van der Waals surface area (Å²) in [6.07, 6.45) is 3.77. The Morgan fingerprint density at radius 1 is 1.41 bits per heavy atom. The van der Waals surface area contributed by atoms with Crippen LogP contribution in [-0.4, -0.2) is 26.1 Å². The summed E-state index contributed by atoms with van der Waals surface area (Å²) in [5.74, 6) is 0.873. The molecule has 0 bridgehead atoms. The van der Waals surface area contributed by atoms with E-state index in [1.807, 2.05) is 16.9 Å². The molecule has 2 aromatic rings. The highest BCUT2D eigenvalue weighted by Gasteiger charge is 2.17. The lowest BCUT2D eigenvalue weighted by Gasteiger charge is -2.09. The second-order valence-corrected chi connectivity index (χ2v) is 5.31. The Hall–Kier alpha value is -1.14. The molecule has 2 heterocycles. The third-order valence-electron chi connectivity index (χ3n) is 2.62. The number of aromatic nitrogens is 3. The predicted molar refractivity (Wildman–Crippen MR) is 72.8 cm³/mol. The fourth-order valence-electron chi connectivity index (χ4n) is 1.86. The van der Waals surface area contributed by atoms with E-state index in [0.717, 1.165) is 26.6 Å². The van der Waals surface area contributed by atoms with Gasteiger partial charge in [-0.15, -0.1) is 22.0 Å². The molecule has 1 aliphatic rings. The summed E-state index contributed by atoms with van der Waals surface area (Å²) in [6.45, 7) is 0.572. The number of aliphatic imine (C=N–C) groups is 1. The molecule has 6 heteroatoms. The number of thioether (sulfide) groups is 1. The highest BCUT2D eigenvalue weighted by molar-refractivity contribution is 9.10. The van der Waals surface area contributed by atoms with Crippen LogP contribution in [0, 0.1) is 0 Å². The van der Waals surface area contributed by atoms with Gasteiger partial charge in [0.25, 0.3) is 0 Å². The Balaban J connectivity index is 2.30. The van der Waals surface area contributed by atoms with Crippen molar-refractivity contribution in [1.29, 1.82) is 0 Å². The Bertz CT molecular complexity index is 605. The van der Waals surface area contributed by atoms with Gasteiger partial charge in [0.05, 0.1) is 5.69 Å². The molecule has 0 amide bonds. The van der Waals surface area contributed by atoms with Crippen LogP contribution in [0.15, 0.2) is 34.0 Å². The summed E-state index contributed by atoms with van der Waals surface area (Å²) in [5.41, 5.74) is 2.20. The lowest BCUT2D eigenvalue weighted by Crippen LogP contribution is -2.02. The van der Waals surface area contributed by atoms with E-state index < -0.39 is 0 Å². The zero-order valence-corrected chi connectivity index (χ0v) is 11.5. The number of rotatable bonds is 0. The fourth-order valence-corrected chi connectivity index (χ4v) is 2.80. The molecule has 3 rings (SSSR count). The van der Waals surface area contributed by atoms with Gasteiger partial charge in [-0.1, -0.05) is 15.9 Å². The summed E-state index contributed by atoms with van der Waals surface area (Å²) >= 11 is 5.15. The molecule has 17 heavy (non-hydrogen) atoms. The minimum Gasteiger partial charge on any atom is -0.283 e. The molecule has 1 aromatic carbocycles. The molecular formula is C11H9BrN4S. The molecule has 0 radical (unpaired) electrons. The third kappa shape index (κ3) is 1.81. The van der Waals surface area contributed by atoms with Crippen LogP contribution in [-0.2, 0) is 6.54 Å². The maximum absolute atomic E-state index is 4.57. The van der Waals surface area contributed by atoms with Crippen LogP contribution in [0.2, 0.25) is 0 Å². The summed E-state index contributed by atoms with van der Waals surface area (Å²) < 4.78 is 3.05. The smallest absolute Gasteiger partial charge is 0.159 e. The maximum atomic E-state index is 4.57. The van der Waals surface area contributed by atoms with Crippen LogP contribution in [0.5, 0.6) is 0 Å². The first kappa shape index (κ1) is 11.0. The number of hydrogen-bond donors (Lipinski definition) is 0. The monoisotopic (exact) mass is 308 g/mol. The molecule has 0 unspecified atom stereocenters. The van der Waals surface area contributed by atoms with Crippen LogP contribution in [0.1, 0.15) is 11.4 Å². The van der Waals surface area contributed by atoms with Gasteiger partial charge in [0.1, 0.15) is 17.9 Å². The van der Waals surface area contributed by atoms with Crippen LogP contribution < -0.4 is 0 Å². The molecule has 4 nitrogen and oxygen atoms in total. The molecule has 0 atom stereocenters. The van der Waals surface area contributed by atoms with E-state index in [-0.39, 0.29) is 0 Å². The van der Waals surface area contributed by atoms with Gasteiger partial charge in [-0.05, 0) is 24.5 Å². The van der Waals surface area contributed by atoms with E-state index in [2.05, 4.69) is 43.3 Å². The first-order chi connectivity index (χ1) is 8.29. The summed E-state index contributed by atoms with van der Waals surface area (Å²) in [5, 5.41) is 9.07. The summed E-state index contributed by atoms with van der Waals surface area (Å²) in [6, 6.07) is 6.16. The van der Waals surface area contributed by atoms with Gasteiger partial charge in [0, 0.05) is 10.0 Å². The van der Waals surface area contributed by atoms with Gasteiger partial charge < -0.3 is 0 Å². The van der Waals surface area contributed by atoms with Crippen molar-refractivity contribution in [3.05, 3.63) is 40.4 Å². The molecule has 0 saturated carbocycles. The van der Waals surface area contributed by atoms with E-state index in [1.165, 1.54) is 0 Å². The molecule has 0 aliphatic carbocycles. The highest BCUT2D eigenvalue weighted by Crippen LogP contribution is 2.27. The summed E-state index contributed by atoms with van der Waals surface area (Å²) in [4.78, 5) is 4.57. The molecule has 1 aliphatic heterocycles. The Labute approximate surface area is 111 Å². The van der Waals surface area contributed by atoms with Crippen LogP contribution in [0.4, 0.5) is 0 Å². The number of benzene rings is 1. The van der Waals surface area contributed by atoms with Crippen LogP contribution >= 0.6 is 27.7 Å². The zero-order valence-electron chi connectivity index (χ0n) is 9.09. The van der Waals surface area contributed by atoms with E-state index in [9.17, 15) is 0 Å². The number of nitrogens with zero attached hydrogens (tertiary/aromatic N) is 4. The zero-order chi connectivity index (χ0) is 11.8. The van der Waals surface area contributed by atoms with Crippen LogP contribution in [0.25, 0.3) is 5.69 Å². The van der Waals surface area contributed by atoms with Gasteiger partial charge in [0.15, 0.2) is 5.82 Å². The normalized spacial score (nSPS) is 13.6. The van der Waals surface area contributed by atoms with Crippen molar-refractivity contribution in [2.24, 2.45) is 4.99 Å². The molecule has 0 fully saturated rings. The number of halogens is 1. The lowest BCUT2D eigenvalue weighted by molar-refractivity contribution is 0.871. The SMILES string of the molecule is CSC1=NCc2nncn2-c2ccc(Br)cc21. The minimum atomic E-state index is 0.572.